The van der Waals surface area contributed by atoms with Crippen LogP contribution in [0.4, 0.5) is 0 Å². The average molecular weight is 339 g/mol. The number of esters is 1. The van der Waals surface area contributed by atoms with Crippen LogP contribution in [0.3, 0.4) is 0 Å². The van der Waals surface area contributed by atoms with Crippen LogP contribution in [0.15, 0.2) is 53.7 Å². The van der Waals surface area contributed by atoms with Crippen molar-refractivity contribution in [2.45, 2.75) is 38.5 Å². The molecule has 2 rings (SSSR count). The Hall–Kier alpha value is -2.62. The van der Waals surface area contributed by atoms with Crippen molar-refractivity contribution in [2.75, 3.05) is 7.11 Å². The Labute approximate surface area is 149 Å². The van der Waals surface area contributed by atoms with Crippen LogP contribution >= 0.6 is 0 Å². The third-order valence-corrected chi connectivity index (χ3v) is 4.28. The molecule has 4 heteroatoms. The van der Waals surface area contributed by atoms with Gasteiger partial charge in [0.05, 0.1) is 18.9 Å². The quantitative estimate of drug-likeness (QED) is 0.376. The van der Waals surface area contributed by atoms with Gasteiger partial charge in [0.25, 0.3) is 0 Å². The fourth-order valence-corrected chi connectivity index (χ4v) is 2.72. The van der Waals surface area contributed by atoms with Crippen LogP contribution in [0.2, 0.25) is 0 Å². The van der Waals surface area contributed by atoms with Crippen molar-refractivity contribution in [3.63, 3.8) is 0 Å². The van der Waals surface area contributed by atoms with Gasteiger partial charge in [-0.2, -0.15) is 0 Å². The highest BCUT2D eigenvalue weighted by Gasteiger charge is 2.16. The number of benzene rings is 2. The van der Waals surface area contributed by atoms with Gasteiger partial charge in [0.1, 0.15) is 0 Å². The van der Waals surface area contributed by atoms with Crippen molar-refractivity contribution in [2.24, 2.45) is 5.16 Å². The fraction of sp³-hybridized carbons (Fsp3) is 0.333. The van der Waals surface area contributed by atoms with Crippen LogP contribution in [-0.2, 0) is 16.6 Å². The summed E-state index contributed by atoms with van der Waals surface area (Å²) in [6.07, 6.45) is 2.22. The first kappa shape index (κ1) is 18.7. The number of oxime groups is 1. The third kappa shape index (κ3) is 4.92. The first-order valence-corrected chi connectivity index (χ1v) is 8.30. The summed E-state index contributed by atoms with van der Waals surface area (Å²) in [4.78, 5) is 11.5. The highest BCUT2D eigenvalue weighted by molar-refractivity contribution is 5.89. The van der Waals surface area contributed by atoms with Crippen molar-refractivity contribution < 1.29 is 14.7 Å². The van der Waals surface area contributed by atoms with Crippen molar-refractivity contribution >= 4 is 12.2 Å². The summed E-state index contributed by atoms with van der Waals surface area (Å²) in [5.74, 6) is -0.388. The molecule has 0 spiro atoms. The fourth-order valence-electron chi connectivity index (χ4n) is 2.72. The lowest BCUT2D eigenvalue weighted by atomic mass is 9.85. The molecule has 0 amide bonds. The standard InChI is InChI=1S/C21H25NO3/c1-21(2,3)19-11-9-16(10-12-19)18(14-22-24)13-15-5-7-17(8-6-15)20(23)25-4/h5-12,14,18,24H,13H2,1-4H3/b22-14+. The predicted octanol–water partition coefficient (Wildman–Crippen LogP) is 4.56. The molecule has 0 aliphatic rings. The Morgan fingerprint density at radius 3 is 2.20 bits per heavy atom. The monoisotopic (exact) mass is 339 g/mol. The molecule has 132 valence electrons. The molecule has 0 saturated carbocycles. The topological polar surface area (TPSA) is 58.9 Å². The maximum atomic E-state index is 11.5. The number of methoxy groups -OCH3 is 1. The first-order chi connectivity index (χ1) is 11.8. The second-order valence-corrected chi connectivity index (χ2v) is 7.14. The minimum Gasteiger partial charge on any atom is -0.465 e. The molecule has 0 aliphatic heterocycles. The number of ether oxygens (including phenoxy) is 1. The summed E-state index contributed by atoms with van der Waals surface area (Å²) in [6.45, 7) is 6.53. The summed E-state index contributed by atoms with van der Waals surface area (Å²) >= 11 is 0. The van der Waals surface area contributed by atoms with Crippen LogP contribution in [0.5, 0.6) is 0 Å². The second kappa shape index (κ2) is 7.97. The summed E-state index contributed by atoms with van der Waals surface area (Å²) in [6, 6.07) is 15.7. The second-order valence-electron chi connectivity index (χ2n) is 7.14. The highest BCUT2D eigenvalue weighted by atomic mass is 16.5. The van der Waals surface area contributed by atoms with Crippen LogP contribution in [0.25, 0.3) is 0 Å². The zero-order valence-corrected chi connectivity index (χ0v) is 15.2. The maximum Gasteiger partial charge on any atom is 0.337 e. The van der Waals surface area contributed by atoms with E-state index < -0.39 is 0 Å². The Morgan fingerprint density at radius 2 is 1.72 bits per heavy atom. The van der Waals surface area contributed by atoms with Crippen molar-refractivity contribution in [3.05, 3.63) is 70.8 Å². The number of carbonyl (C=O) groups excluding carboxylic acids is 1. The van der Waals surface area contributed by atoms with E-state index in [1.165, 1.54) is 12.7 Å². The molecule has 0 radical (unpaired) electrons. The van der Waals surface area contributed by atoms with Gasteiger partial charge in [-0.1, -0.05) is 57.2 Å². The molecule has 0 heterocycles. The molecule has 0 aliphatic carbocycles. The summed E-state index contributed by atoms with van der Waals surface area (Å²) < 4.78 is 4.71. The molecule has 1 unspecified atom stereocenters. The Bertz CT molecular complexity index is 725. The van der Waals surface area contributed by atoms with Gasteiger partial charge in [-0.15, -0.1) is 5.16 Å². The summed E-state index contributed by atoms with van der Waals surface area (Å²) in [5, 5.41) is 12.3. The SMILES string of the molecule is COC(=O)c1ccc(CC(/C=N/O)c2ccc(C(C)(C)C)cc2)cc1. The summed E-state index contributed by atoms with van der Waals surface area (Å²) in [7, 11) is 1.37. The minimum absolute atomic E-state index is 0.0389. The molecule has 1 N–H and O–H groups in total. The zero-order chi connectivity index (χ0) is 18.4. The van der Waals surface area contributed by atoms with Gasteiger partial charge < -0.3 is 9.94 Å². The van der Waals surface area contributed by atoms with E-state index in [9.17, 15) is 4.79 Å². The Kier molecular flexibility index (Phi) is 5.97. The number of nitrogens with zero attached hydrogens (tertiary/aromatic N) is 1. The van der Waals surface area contributed by atoms with Gasteiger partial charge in [-0.3, -0.25) is 0 Å². The predicted molar refractivity (Wildman–Crippen MR) is 99.6 cm³/mol. The molecule has 4 nitrogen and oxygen atoms in total. The molecule has 0 saturated heterocycles. The lowest BCUT2D eigenvalue weighted by Crippen LogP contribution is -2.12. The van der Waals surface area contributed by atoms with E-state index in [0.29, 0.717) is 12.0 Å². The minimum atomic E-state index is -0.349. The summed E-state index contributed by atoms with van der Waals surface area (Å²) in [5.41, 5.74) is 4.02. The molecule has 0 bridgehead atoms. The molecule has 0 fully saturated rings. The van der Waals surface area contributed by atoms with Gasteiger partial charge in [-0.05, 0) is 40.7 Å². The van der Waals surface area contributed by atoms with Crippen LogP contribution < -0.4 is 0 Å². The van der Waals surface area contributed by atoms with E-state index in [1.54, 1.807) is 18.3 Å². The number of hydrogen-bond donors (Lipinski definition) is 1. The van der Waals surface area contributed by atoms with Gasteiger partial charge in [-0.25, -0.2) is 4.79 Å². The van der Waals surface area contributed by atoms with Crippen molar-refractivity contribution in [1.29, 1.82) is 0 Å². The zero-order valence-electron chi connectivity index (χ0n) is 15.2. The van der Waals surface area contributed by atoms with Gasteiger partial charge in [0.15, 0.2) is 0 Å². The van der Waals surface area contributed by atoms with E-state index in [0.717, 1.165) is 11.1 Å². The smallest absolute Gasteiger partial charge is 0.337 e. The number of rotatable bonds is 5. The van der Waals surface area contributed by atoms with Crippen LogP contribution in [0, 0.1) is 0 Å². The first-order valence-electron chi connectivity index (χ1n) is 8.30. The van der Waals surface area contributed by atoms with E-state index in [4.69, 9.17) is 9.94 Å². The molecular formula is C21H25NO3. The molecule has 25 heavy (non-hydrogen) atoms. The number of carbonyl (C=O) groups is 1. The van der Waals surface area contributed by atoms with Crippen molar-refractivity contribution in [3.8, 4) is 0 Å². The third-order valence-electron chi connectivity index (χ3n) is 4.28. The molecule has 2 aromatic rings. The average Bonchev–Trinajstić information content (AvgIpc) is 2.60. The van der Waals surface area contributed by atoms with Crippen LogP contribution in [-0.4, -0.2) is 24.5 Å². The van der Waals surface area contributed by atoms with E-state index in [2.05, 4.69) is 50.2 Å². The van der Waals surface area contributed by atoms with Gasteiger partial charge >= 0.3 is 5.97 Å². The normalized spacial score (nSPS) is 13.0. The number of hydrogen-bond acceptors (Lipinski definition) is 4. The Morgan fingerprint density at radius 1 is 1.12 bits per heavy atom. The molecular weight excluding hydrogens is 314 g/mol. The van der Waals surface area contributed by atoms with Crippen LogP contribution in [0.1, 0.15) is 53.7 Å². The molecule has 1 atom stereocenters. The van der Waals surface area contributed by atoms with E-state index in [-0.39, 0.29) is 17.3 Å². The molecule has 0 aromatic heterocycles. The van der Waals surface area contributed by atoms with E-state index in [1.807, 2.05) is 12.1 Å². The lowest BCUT2D eigenvalue weighted by molar-refractivity contribution is 0.0600. The highest BCUT2D eigenvalue weighted by Crippen LogP contribution is 2.26. The largest absolute Gasteiger partial charge is 0.465 e. The van der Waals surface area contributed by atoms with E-state index >= 15 is 0 Å². The van der Waals surface area contributed by atoms with Crippen molar-refractivity contribution in [1.82, 2.24) is 0 Å². The maximum absolute atomic E-state index is 11.5. The molecule has 2 aromatic carbocycles. The lowest BCUT2D eigenvalue weighted by Gasteiger charge is -2.20. The van der Waals surface area contributed by atoms with Gasteiger partial charge in [0, 0.05) is 5.92 Å². The van der Waals surface area contributed by atoms with Gasteiger partial charge in [0.2, 0.25) is 0 Å². The Balaban J connectivity index is 2.19.